The molecule has 170 valence electrons. The van der Waals surface area contributed by atoms with Gasteiger partial charge in [-0.25, -0.2) is 0 Å². The van der Waals surface area contributed by atoms with E-state index in [1.165, 1.54) is 24.3 Å². The number of likely N-dealkylation sites (tertiary alicyclic amines) is 1. The molecule has 3 fully saturated rings. The maximum atomic E-state index is 12.7. The van der Waals surface area contributed by atoms with Crippen molar-refractivity contribution in [3.63, 3.8) is 0 Å². The SMILES string of the molecule is O=C(COC(=O)CN1C(=O)[C@@H]2[C@H]3C[C@@H]([C@@H](Cl)[C@H]3Cl)[C@H]2C1=O)NNC(=O)c1ccc(Cl)cc1. The smallest absolute Gasteiger partial charge is 0.326 e. The Morgan fingerprint density at radius 1 is 0.969 bits per heavy atom. The lowest BCUT2D eigenvalue weighted by Gasteiger charge is -2.28. The summed E-state index contributed by atoms with van der Waals surface area (Å²) in [7, 11) is 0. The maximum Gasteiger partial charge on any atom is 0.326 e. The van der Waals surface area contributed by atoms with Crippen molar-refractivity contribution in [2.24, 2.45) is 23.7 Å². The van der Waals surface area contributed by atoms with Gasteiger partial charge < -0.3 is 4.74 Å². The van der Waals surface area contributed by atoms with Crippen molar-refractivity contribution >= 4 is 64.4 Å². The fourth-order valence-electron chi connectivity index (χ4n) is 4.72. The van der Waals surface area contributed by atoms with Gasteiger partial charge in [0, 0.05) is 10.6 Å². The molecule has 1 aromatic rings. The van der Waals surface area contributed by atoms with E-state index in [1.807, 2.05) is 0 Å². The van der Waals surface area contributed by atoms with Crippen molar-refractivity contribution in [3.05, 3.63) is 34.9 Å². The molecule has 1 aliphatic heterocycles. The Kier molecular flexibility index (Phi) is 6.33. The fraction of sp³-hybridized carbons (Fsp3) is 0.450. The molecule has 1 aromatic carbocycles. The van der Waals surface area contributed by atoms with Crippen LogP contribution in [0, 0.1) is 23.7 Å². The molecule has 4 amide bonds. The fourth-order valence-corrected chi connectivity index (χ4v) is 5.74. The van der Waals surface area contributed by atoms with E-state index < -0.39 is 65.3 Å². The summed E-state index contributed by atoms with van der Waals surface area (Å²) in [5.41, 5.74) is 4.52. The third-order valence-corrected chi connectivity index (χ3v) is 7.72. The second-order valence-corrected chi connectivity index (χ2v) is 9.38. The Balaban J connectivity index is 1.24. The molecule has 2 aliphatic carbocycles. The summed E-state index contributed by atoms with van der Waals surface area (Å²) in [5, 5.41) is -0.328. The van der Waals surface area contributed by atoms with Gasteiger partial charge in [0.15, 0.2) is 6.61 Å². The summed E-state index contributed by atoms with van der Waals surface area (Å²) in [6.07, 6.45) is 0.620. The molecule has 2 bridgehead atoms. The number of nitrogens with one attached hydrogen (secondary N) is 2. The van der Waals surface area contributed by atoms with Crippen LogP contribution in [0.2, 0.25) is 5.02 Å². The van der Waals surface area contributed by atoms with Crippen LogP contribution < -0.4 is 10.9 Å². The van der Waals surface area contributed by atoms with Crippen LogP contribution in [-0.2, 0) is 23.9 Å². The Morgan fingerprint density at radius 2 is 1.53 bits per heavy atom. The van der Waals surface area contributed by atoms with Gasteiger partial charge in [-0.15, -0.1) is 23.2 Å². The van der Waals surface area contributed by atoms with Crippen molar-refractivity contribution in [2.45, 2.75) is 17.2 Å². The quantitative estimate of drug-likeness (QED) is 0.269. The lowest BCUT2D eigenvalue weighted by Crippen LogP contribution is -2.44. The number of nitrogens with zero attached hydrogens (tertiary/aromatic N) is 1. The van der Waals surface area contributed by atoms with Gasteiger partial charge in [-0.1, -0.05) is 11.6 Å². The molecule has 0 spiro atoms. The molecule has 6 atom stereocenters. The summed E-state index contributed by atoms with van der Waals surface area (Å²) >= 11 is 18.3. The van der Waals surface area contributed by atoms with Gasteiger partial charge in [0.05, 0.1) is 22.6 Å². The van der Waals surface area contributed by atoms with Crippen LogP contribution in [0.15, 0.2) is 24.3 Å². The highest BCUT2D eigenvalue weighted by molar-refractivity contribution is 6.31. The highest BCUT2D eigenvalue weighted by Gasteiger charge is 2.66. The highest BCUT2D eigenvalue weighted by Crippen LogP contribution is 2.59. The minimum absolute atomic E-state index is 0.193. The summed E-state index contributed by atoms with van der Waals surface area (Å²) in [6.45, 7) is -1.31. The van der Waals surface area contributed by atoms with Gasteiger partial charge in [-0.2, -0.15) is 0 Å². The Labute approximate surface area is 197 Å². The largest absolute Gasteiger partial charge is 0.454 e. The summed E-state index contributed by atoms with van der Waals surface area (Å²) < 4.78 is 4.83. The van der Waals surface area contributed by atoms with Crippen LogP contribution in [0.3, 0.4) is 0 Å². The van der Waals surface area contributed by atoms with Gasteiger partial charge in [-0.05, 0) is 42.5 Å². The molecule has 2 saturated carbocycles. The number of halogens is 3. The zero-order valence-electron chi connectivity index (χ0n) is 16.4. The van der Waals surface area contributed by atoms with E-state index in [-0.39, 0.29) is 17.4 Å². The number of alkyl halides is 2. The van der Waals surface area contributed by atoms with Crippen LogP contribution in [0.5, 0.6) is 0 Å². The molecular weight excluding hydrogens is 485 g/mol. The lowest BCUT2D eigenvalue weighted by atomic mass is 9.80. The normalized spacial score (nSPS) is 30.3. The van der Waals surface area contributed by atoms with E-state index in [0.29, 0.717) is 11.4 Å². The Hall–Kier alpha value is -2.36. The second-order valence-electron chi connectivity index (χ2n) is 7.94. The average molecular weight is 503 g/mol. The first-order chi connectivity index (χ1) is 15.2. The van der Waals surface area contributed by atoms with Crippen LogP contribution in [0.25, 0.3) is 0 Å². The molecule has 1 heterocycles. The van der Waals surface area contributed by atoms with Gasteiger partial charge in [0.1, 0.15) is 6.54 Å². The van der Waals surface area contributed by atoms with Crippen molar-refractivity contribution in [1.29, 1.82) is 0 Å². The molecule has 2 N–H and O–H groups in total. The second kappa shape index (κ2) is 8.88. The van der Waals surface area contributed by atoms with Gasteiger partial charge >= 0.3 is 5.97 Å². The van der Waals surface area contributed by atoms with E-state index in [9.17, 15) is 24.0 Å². The predicted octanol–water partition coefficient (Wildman–Crippen LogP) is 1.11. The highest BCUT2D eigenvalue weighted by atomic mass is 35.5. The van der Waals surface area contributed by atoms with Gasteiger partial charge in [0.2, 0.25) is 11.8 Å². The molecule has 1 saturated heterocycles. The molecule has 4 rings (SSSR count). The van der Waals surface area contributed by atoms with Gasteiger partial charge in [-0.3, -0.25) is 39.7 Å². The minimum atomic E-state index is -0.928. The molecule has 0 unspecified atom stereocenters. The first kappa shape index (κ1) is 22.8. The maximum absolute atomic E-state index is 12.7. The van der Waals surface area contributed by atoms with Crippen LogP contribution >= 0.6 is 34.8 Å². The van der Waals surface area contributed by atoms with E-state index in [4.69, 9.17) is 39.5 Å². The number of imide groups is 1. The zero-order valence-corrected chi connectivity index (χ0v) is 18.7. The summed E-state index contributed by atoms with van der Waals surface area (Å²) in [4.78, 5) is 62.1. The van der Waals surface area contributed by atoms with E-state index in [1.54, 1.807) is 0 Å². The number of rotatable bonds is 5. The van der Waals surface area contributed by atoms with Crippen molar-refractivity contribution in [1.82, 2.24) is 15.8 Å². The van der Waals surface area contributed by atoms with Crippen LogP contribution in [0.1, 0.15) is 16.8 Å². The minimum Gasteiger partial charge on any atom is -0.454 e. The number of carbonyl (C=O) groups is 5. The predicted molar refractivity (Wildman–Crippen MR) is 113 cm³/mol. The zero-order chi connectivity index (χ0) is 23.2. The number of benzene rings is 1. The van der Waals surface area contributed by atoms with E-state index in [0.717, 1.165) is 4.90 Å². The number of amides is 4. The number of ether oxygens (including phenoxy) is 1. The third kappa shape index (κ3) is 4.04. The topological polar surface area (TPSA) is 122 Å². The number of carbonyl (C=O) groups excluding carboxylic acids is 5. The monoisotopic (exact) mass is 501 g/mol. The first-order valence-corrected chi connectivity index (χ1v) is 11.1. The molecule has 32 heavy (non-hydrogen) atoms. The van der Waals surface area contributed by atoms with Crippen LogP contribution in [-0.4, -0.2) is 58.4 Å². The number of fused-ring (bicyclic) bond motifs is 5. The standard InChI is InChI=1S/C20H18Cl3N3O6/c21-9-3-1-8(2-4-9)18(29)25-24-12(27)7-32-13(28)6-26-19(30)14-10-5-11(15(14)20(26)31)17(23)16(10)22/h1-4,10-11,14-17H,5-7H2,(H,24,27)(H,25,29)/t10-,11-,14-,15-,16-,17+/m1/s1. The van der Waals surface area contributed by atoms with Gasteiger partial charge in [0.25, 0.3) is 11.8 Å². The molecule has 3 aliphatic rings. The first-order valence-electron chi connectivity index (χ1n) is 9.82. The van der Waals surface area contributed by atoms with Crippen molar-refractivity contribution in [3.8, 4) is 0 Å². The molecular formula is C20H18Cl3N3O6. The van der Waals surface area contributed by atoms with Crippen LogP contribution in [0.4, 0.5) is 0 Å². The number of esters is 1. The summed E-state index contributed by atoms with van der Waals surface area (Å²) in [6, 6.07) is 5.96. The molecule has 0 aromatic heterocycles. The van der Waals surface area contributed by atoms with E-state index in [2.05, 4.69) is 10.9 Å². The number of hydrogen-bond donors (Lipinski definition) is 2. The Bertz CT molecular complexity index is 955. The Morgan fingerprint density at radius 3 is 2.09 bits per heavy atom. The number of hydrazine groups is 1. The molecule has 12 heteroatoms. The van der Waals surface area contributed by atoms with Crippen molar-refractivity contribution < 1.29 is 28.7 Å². The average Bonchev–Trinajstić information content (AvgIpc) is 3.37. The third-order valence-electron chi connectivity index (χ3n) is 6.15. The molecule has 9 nitrogen and oxygen atoms in total. The lowest BCUT2D eigenvalue weighted by molar-refractivity contribution is -0.155. The number of hydrogen-bond acceptors (Lipinski definition) is 6. The van der Waals surface area contributed by atoms with E-state index >= 15 is 0 Å². The summed E-state index contributed by atoms with van der Waals surface area (Å²) in [5.74, 6) is -4.76. The molecule has 0 radical (unpaired) electrons. The van der Waals surface area contributed by atoms with Crippen molar-refractivity contribution in [2.75, 3.05) is 13.2 Å².